The molecule has 1 saturated heterocycles. The van der Waals surface area contributed by atoms with E-state index in [1.165, 1.54) is 31.3 Å². The number of fused-ring (bicyclic) bond motifs is 1. The van der Waals surface area contributed by atoms with Crippen molar-refractivity contribution in [3.63, 3.8) is 0 Å². The zero-order valence-electron chi connectivity index (χ0n) is 20.0. The molecule has 4 fully saturated rings. The molecular formula is C26H40F3NO3. The Bertz CT molecular complexity index is 740. The minimum Gasteiger partial charge on any atom is -0.393 e. The van der Waals surface area contributed by atoms with Gasteiger partial charge in [0.05, 0.1) is 18.3 Å². The molecule has 4 rings (SSSR count). The van der Waals surface area contributed by atoms with Crippen molar-refractivity contribution < 1.29 is 28.1 Å². The summed E-state index contributed by atoms with van der Waals surface area (Å²) in [5.74, 6) is 1.56. The van der Waals surface area contributed by atoms with Crippen molar-refractivity contribution in [2.45, 2.75) is 96.3 Å². The maximum absolute atomic E-state index is 12.6. The van der Waals surface area contributed by atoms with Crippen LogP contribution in [0.2, 0.25) is 0 Å². The zero-order chi connectivity index (χ0) is 23.8. The van der Waals surface area contributed by atoms with Gasteiger partial charge in [-0.1, -0.05) is 37.1 Å². The Balaban J connectivity index is 1.38. The van der Waals surface area contributed by atoms with Crippen molar-refractivity contribution in [1.82, 2.24) is 4.90 Å². The molecule has 4 nitrogen and oxygen atoms in total. The number of hydrogen-bond donors (Lipinski definition) is 2. The Labute approximate surface area is 195 Å². The molecule has 7 heteroatoms. The van der Waals surface area contributed by atoms with Crippen LogP contribution in [0.4, 0.5) is 13.2 Å². The van der Waals surface area contributed by atoms with Crippen LogP contribution in [0.3, 0.4) is 0 Å². The number of likely N-dealkylation sites (tertiary alicyclic amines) is 1. The van der Waals surface area contributed by atoms with Gasteiger partial charge in [-0.05, 0) is 81.0 Å². The third-order valence-electron chi connectivity index (χ3n) is 8.87. The summed E-state index contributed by atoms with van der Waals surface area (Å²) < 4.78 is 41.9. The zero-order valence-corrected chi connectivity index (χ0v) is 20.0. The minimum absolute atomic E-state index is 0.231. The van der Waals surface area contributed by atoms with E-state index >= 15 is 0 Å². The Morgan fingerprint density at radius 2 is 1.88 bits per heavy atom. The van der Waals surface area contributed by atoms with Crippen molar-refractivity contribution in [2.24, 2.45) is 23.2 Å². The highest BCUT2D eigenvalue weighted by atomic mass is 19.4. The van der Waals surface area contributed by atoms with Crippen LogP contribution in [-0.4, -0.2) is 59.4 Å². The lowest BCUT2D eigenvalue weighted by atomic mass is 9.61. The molecule has 3 aliphatic carbocycles. The summed E-state index contributed by atoms with van der Waals surface area (Å²) in [6, 6.07) is 0. The number of aliphatic hydroxyl groups excluding tert-OH is 2. The van der Waals surface area contributed by atoms with Crippen LogP contribution in [0.5, 0.6) is 0 Å². The number of allylic oxidation sites excluding steroid dienone is 3. The Kier molecular flexibility index (Phi) is 7.64. The smallest absolute Gasteiger partial charge is 0.393 e. The van der Waals surface area contributed by atoms with E-state index in [-0.39, 0.29) is 5.41 Å². The molecule has 0 unspecified atom stereocenters. The van der Waals surface area contributed by atoms with Crippen LogP contribution in [-0.2, 0) is 4.74 Å². The third-order valence-corrected chi connectivity index (χ3v) is 8.87. The highest BCUT2D eigenvalue weighted by molar-refractivity contribution is 5.26. The predicted molar refractivity (Wildman–Crippen MR) is 121 cm³/mol. The fourth-order valence-electron chi connectivity index (χ4n) is 7.53. The average molecular weight is 472 g/mol. The van der Waals surface area contributed by atoms with Crippen molar-refractivity contribution in [3.05, 3.63) is 23.3 Å². The predicted octanol–water partition coefficient (Wildman–Crippen LogP) is 5.21. The molecule has 1 heterocycles. The molecule has 0 spiro atoms. The first-order valence-electron chi connectivity index (χ1n) is 12.7. The van der Waals surface area contributed by atoms with Gasteiger partial charge in [-0.3, -0.25) is 4.74 Å². The Morgan fingerprint density at radius 1 is 1.15 bits per heavy atom. The summed E-state index contributed by atoms with van der Waals surface area (Å²) >= 11 is 0. The second-order valence-corrected chi connectivity index (χ2v) is 11.3. The number of rotatable bonds is 5. The lowest BCUT2D eigenvalue weighted by Crippen LogP contribution is -2.39. The van der Waals surface area contributed by atoms with Gasteiger partial charge in [0.25, 0.3) is 0 Å². The van der Waals surface area contributed by atoms with E-state index in [2.05, 4.69) is 35.6 Å². The summed E-state index contributed by atoms with van der Waals surface area (Å²) in [5, 5.41) is 19.9. The SMILES string of the molecule is C[C@H](CN1CC[C@@H](OC(F)(F)F)C1)[C@H]1CC[C@H]2/C(=C/C=C3C[C@@H](O)C[C@@H](O)C3)CCC[C@]12C. The molecule has 33 heavy (non-hydrogen) atoms. The van der Waals surface area contributed by atoms with E-state index < -0.39 is 24.7 Å². The molecule has 188 valence electrons. The van der Waals surface area contributed by atoms with Gasteiger partial charge in [0.1, 0.15) is 0 Å². The molecule has 0 amide bonds. The van der Waals surface area contributed by atoms with Crippen LogP contribution in [0.1, 0.15) is 71.6 Å². The van der Waals surface area contributed by atoms with E-state index in [0.717, 1.165) is 18.5 Å². The molecule has 0 aromatic rings. The quantitative estimate of drug-likeness (QED) is 0.578. The molecule has 0 aromatic heterocycles. The average Bonchev–Trinajstić information content (AvgIpc) is 3.27. The number of aliphatic hydroxyl groups is 2. The fraction of sp³-hybridized carbons (Fsp3) is 0.846. The van der Waals surface area contributed by atoms with Gasteiger partial charge in [-0.25, -0.2) is 0 Å². The van der Waals surface area contributed by atoms with Crippen LogP contribution >= 0.6 is 0 Å². The molecule has 2 N–H and O–H groups in total. The molecule has 0 radical (unpaired) electrons. The summed E-state index contributed by atoms with van der Waals surface area (Å²) in [6.07, 6.45) is 6.28. The van der Waals surface area contributed by atoms with Crippen molar-refractivity contribution in [2.75, 3.05) is 19.6 Å². The van der Waals surface area contributed by atoms with Gasteiger partial charge in [0.15, 0.2) is 0 Å². The molecule has 7 atom stereocenters. The molecule has 0 bridgehead atoms. The number of hydrogen-bond acceptors (Lipinski definition) is 4. The van der Waals surface area contributed by atoms with Gasteiger partial charge in [0.2, 0.25) is 0 Å². The Morgan fingerprint density at radius 3 is 2.58 bits per heavy atom. The van der Waals surface area contributed by atoms with Gasteiger partial charge in [0, 0.05) is 19.6 Å². The van der Waals surface area contributed by atoms with Gasteiger partial charge in [-0.2, -0.15) is 0 Å². The first kappa shape index (κ1) is 25.2. The molecule has 0 aromatic carbocycles. The highest BCUT2D eigenvalue weighted by Crippen LogP contribution is 2.59. The monoisotopic (exact) mass is 471 g/mol. The van der Waals surface area contributed by atoms with E-state index in [9.17, 15) is 23.4 Å². The molecule has 3 saturated carbocycles. The van der Waals surface area contributed by atoms with Crippen molar-refractivity contribution >= 4 is 0 Å². The van der Waals surface area contributed by atoms with E-state index in [1.807, 2.05) is 0 Å². The lowest BCUT2D eigenvalue weighted by Gasteiger charge is -2.45. The highest BCUT2D eigenvalue weighted by Gasteiger charge is 2.51. The van der Waals surface area contributed by atoms with Crippen molar-refractivity contribution in [3.8, 4) is 0 Å². The number of nitrogens with zero attached hydrogens (tertiary/aromatic N) is 1. The summed E-state index contributed by atoms with van der Waals surface area (Å²) in [5.41, 5.74) is 2.86. The summed E-state index contributed by atoms with van der Waals surface area (Å²) in [7, 11) is 0. The first-order chi connectivity index (χ1) is 15.5. The largest absolute Gasteiger partial charge is 0.522 e. The fourth-order valence-corrected chi connectivity index (χ4v) is 7.53. The Hall–Kier alpha value is -0.890. The van der Waals surface area contributed by atoms with Crippen LogP contribution in [0, 0.1) is 23.2 Å². The topological polar surface area (TPSA) is 52.9 Å². The normalized spacial score (nSPS) is 41.6. The van der Waals surface area contributed by atoms with Crippen LogP contribution < -0.4 is 0 Å². The standard InChI is InChI=1S/C26H40F3NO3/c1-17(15-30-11-9-22(16-30)33-26(27,28)29)23-7-8-24-19(4-3-10-25(23,24)2)6-5-18-12-20(31)14-21(32)13-18/h5-6,17,20-24,31-32H,3-4,7-16H2,1-2H3/b18-5?,19-6+/t17-,20-,21+,22-,23-,24+,25-/m1/s1. The third kappa shape index (κ3) is 6.03. The van der Waals surface area contributed by atoms with Gasteiger partial charge < -0.3 is 15.1 Å². The van der Waals surface area contributed by atoms with Gasteiger partial charge in [-0.15, -0.1) is 13.2 Å². The minimum atomic E-state index is -4.55. The summed E-state index contributed by atoms with van der Waals surface area (Å²) in [6.45, 7) is 6.59. The maximum atomic E-state index is 12.6. The molecule has 4 aliphatic rings. The molecule has 1 aliphatic heterocycles. The number of alkyl halides is 3. The second-order valence-electron chi connectivity index (χ2n) is 11.3. The number of halogens is 3. The van der Waals surface area contributed by atoms with Crippen LogP contribution in [0.25, 0.3) is 0 Å². The van der Waals surface area contributed by atoms with Crippen molar-refractivity contribution in [1.29, 1.82) is 0 Å². The first-order valence-corrected chi connectivity index (χ1v) is 12.7. The second kappa shape index (κ2) is 10.00. The number of ether oxygens (including phenoxy) is 1. The summed E-state index contributed by atoms with van der Waals surface area (Å²) in [4.78, 5) is 2.15. The lowest BCUT2D eigenvalue weighted by molar-refractivity contribution is -0.340. The van der Waals surface area contributed by atoms with E-state index in [0.29, 0.717) is 56.5 Å². The van der Waals surface area contributed by atoms with E-state index in [1.54, 1.807) is 0 Å². The van der Waals surface area contributed by atoms with Gasteiger partial charge >= 0.3 is 6.36 Å². The van der Waals surface area contributed by atoms with Crippen LogP contribution in [0.15, 0.2) is 23.3 Å². The maximum Gasteiger partial charge on any atom is 0.522 e. The molecular weight excluding hydrogens is 431 g/mol. The van der Waals surface area contributed by atoms with E-state index in [4.69, 9.17) is 0 Å².